The first-order chi connectivity index (χ1) is 22.0. The van der Waals surface area contributed by atoms with E-state index < -0.39 is 58.7 Å². The van der Waals surface area contributed by atoms with Crippen LogP contribution in [0.25, 0.3) is 22.3 Å². The van der Waals surface area contributed by atoms with Crippen LogP contribution >= 0.6 is 0 Å². The molecule has 1 saturated carbocycles. The second-order valence-electron chi connectivity index (χ2n) is 12.0. The molecule has 1 nitrogen and oxygen atoms in total. The molecule has 0 amide bonds. The quantitative estimate of drug-likeness (QED) is 0.116. The van der Waals surface area contributed by atoms with Crippen LogP contribution in [0, 0.1) is 35.0 Å². The molecule has 9 heteroatoms. The molecule has 244 valence electrons. The van der Waals surface area contributed by atoms with Crippen LogP contribution in [0.1, 0.15) is 80.9 Å². The number of alkyl halides is 3. The van der Waals surface area contributed by atoms with Crippen molar-refractivity contribution in [3.05, 3.63) is 113 Å². The van der Waals surface area contributed by atoms with Crippen LogP contribution in [-0.4, -0.2) is 0 Å². The van der Waals surface area contributed by atoms with Crippen LogP contribution in [0.15, 0.2) is 66.7 Å². The van der Waals surface area contributed by atoms with E-state index in [1.165, 1.54) is 43.9 Å². The maximum atomic E-state index is 15.3. The van der Waals surface area contributed by atoms with E-state index in [-0.39, 0.29) is 28.2 Å². The van der Waals surface area contributed by atoms with Gasteiger partial charge in [-0.25, -0.2) is 26.3 Å². The van der Waals surface area contributed by atoms with E-state index in [2.05, 4.69) is 11.7 Å². The van der Waals surface area contributed by atoms with Gasteiger partial charge in [0.2, 0.25) is 0 Å². The molecule has 0 aliphatic heterocycles. The molecular formula is C37H34F8O. The van der Waals surface area contributed by atoms with E-state index in [4.69, 9.17) is 0 Å². The maximum absolute atomic E-state index is 15.3. The third-order valence-corrected chi connectivity index (χ3v) is 8.90. The van der Waals surface area contributed by atoms with E-state index in [0.29, 0.717) is 24.3 Å². The smallest absolute Gasteiger partial charge is 0.429 e. The predicted molar refractivity (Wildman–Crippen MR) is 162 cm³/mol. The first kappa shape index (κ1) is 33.5. The summed E-state index contributed by atoms with van der Waals surface area (Å²) in [5, 5.41) is 0. The summed E-state index contributed by atoms with van der Waals surface area (Å²) < 4.78 is 120. The van der Waals surface area contributed by atoms with E-state index in [1.54, 1.807) is 6.07 Å². The molecular weight excluding hydrogens is 612 g/mol. The summed E-state index contributed by atoms with van der Waals surface area (Å²) >= 11 is 0. The standard InChI is InChI=1S/C37H34F8O/c1-2-3-4-5-22-6-8-23(9-7-22)24-10-13-28(32(39)16-24)25-11-14-29(33(40)17-25)26-12-15-31(36(43)18-26)37(44,45)46-27-19-34(41)30(21-38)35(42)20-27/h10-20,22-23H,2-9,21H2,1H3. The summed E-state index contributed by atoms with van der Waals surface area (Å²) in [5.74, 6) is -5.61. The van der Waals surface area contributed by atoms with Crippen molar-refractivity contribution in [3.8, 4) is 28.0 Å². The highest BCUT2D eigenvalue weighted by Gasteiger charge is 2.38. The number of halogens is 8. The van der Waals surface area contributed by atoms with E-state index in [1.807, 2.05) is 6.07 Å². The topological polar surface area (TPSA) is 9.23 Å². The first-order valence-electron chi connectivity index (χ1n) is 15.5. The molecule has 0 unspecified atom stereocenters. The highest BCUT2D eigenvalue weighted by molar-refractivity contribution is 5.72. The van der Waals surface area contributed by atoms with E-state index >= 15 is 8.78 Å². The van der Waals surface area contributed by atoms with Crippen LogP contribution in [0.2, 0.25) is 0 Å². The Balaban J connectivity index is 1.29. The van der Waals surface area contributed by atoms with Gasteiger partial charge in [-0.3, -0.25) is 0 Å². The highest BCUT2D eigenvalue weighted by atomic mass is 19.3. The van der Waals surface area contributed by atoms with E-state index in [0.717, 1.165) is 49.3 Å². The molecule has 0 spiro atoms. The maximum Gasteiger partial charge on any atom is 0.429 e. The number of rotatable bonds is 11. The molecule has 0 N–H and O–H groups in total. The van der Waals surface area contributed by atoms with Gasteiger partial charge in [-0.05, 0) is 78.5 Å². The van der Waals surface area contributed by atoms with Gasteiger partial charge in [-0.1, -0.05) is 62.9 Å². The van der Waals surface area contributed by atoms with Crippen molar-refractivity contribution in [2.75, 3.05) is 0 Å². The van der Waals surface area contributed by atoms with Crippen LogP contribution in [0.5, 0.6) is 5.75 Å². The molecule has 0 radical (unpaired) electrons. The van der Waals surface area contributed by atoms with Crippen molar-refractivity contribution in [2.24, 2.45) is 5.92 Å². The second kappa shape index (κ2) is 14.3. The molecule has 46 heavy (non-hydrogen) atoms. The number of hydrogen-bond donors (Lipinski definition) is 0. The van der Waals surface area contributed by atoms with Crippen LogP contribution in [-0.2, 0) is 12.8 Å². The fourth-order valence-electron chi connectivity index (χ4n) is 6.29. The second-order valence-corrected chi connectivity index (χ2v) is 12.0. The summed E-state index contributed by atoms with van der Waals surface area (Å²) in [6.07, 6.45) is 4.86. The number of benzene rings is 4. The van der Waals surface area contributed by atoms with E-state index in [9.17, 15) is 26.3 Å². The van der Waals surface area contributed by atoms with Gasteiger partial charge < -0.3 is 4.74 Å². The number of unbranched alkanes of at least 4 members (excludes halogenated alkanes) is 2. The lowest BCUT2D eigenvalue weighted by Crippen LogP contribution is -2.23. The van der Waals surface area contributed by atoms with Gasteiger partial charge >= 0.3 is 6.11 Å². The van der Waals surface area contributed by atoms with Gasteiger partial charge in [-0.15, -0.1) is 0 Å². The van der Waals surface area contributed by atoms with Gasteiger partial charge in [0, 0.05) is 23.3 Å². The summed E-state index contributed by atoms with van der Waals surface area (Å²) in [7, 11) is 0. The molecule has 1 aliphatic carbocycles. The third-order valence-electron chi connectivity index (χ3n) is 8.90. The molecule has 0 heterocycles. The Hall–Kier alpha value is -3.88. The monoisotopic (exact) mass is 646 g/mol. The zero-order chi connectivity index (χ0) is 33.0. The molecule has 4 aromatic rings. The Morgan fingerprint density at radius 2 is 1.26 bits per heavy atom. The van der Waals surface area contributed by atoms with Crippen molar-refractivity contribution < 1.29 is 39.9 Å². The molecule has 4 aromatic carbocycles. The van der Waals surface area contributed by atoms with Crippen molar-refractivity contribution in [2.45, 2.75) is 77.0 Å². The molecule has 1 aliphatic rings. The minimum Gasteiger partial charge on any atom is -0.429 e. The zero-order valence-electron chi connectivity index (χ0n) is 25.3. The highest BCUT2D eigenvalue weighted by Crippen LogP contribution is 2.40. The van der Waals surface area contributed by atoms with Gasteiger partial charge in [0.05, 0.1) is 11.1 Å². The number of ether oxygens (including phenoxy) is 1. The molecule has 0 atom stereocenters. The summed E-state index contributed by atoms with van der Waals surface area (Å²) in [6.45, 7) is 0.697. The lowest BCUT2D eigenvalue weighted by molar-refractivity contribution is -0.187. The Bertz CT molecular complexity index is 1650. The summed E-state index contributed by atoms with van der Waals surface area (Å²) in [6, 6.07) is 12.0. The molecule has 5 rings (SSSR count). The Morgan fingerprint density at radius 3 is 1.83 bits per heavy atom. The molecule has 0 aromatic heterocycles. The van der Waals surface area contributed by atoms with Crippen LogP contribution in [0.4, 0.5) is 35.1 Å². The van der Waals surface area contributed by atoms with Crippen molar-refractivity contribution in [1.82, 2.24) is 0 Å². The third kappa shape index (κ3) is 7.39. The van der Waals surface area contributed by atoms with Gasteiger partial charge in [0.15, 0.2) is 0 Å². The fourth-order valence-corrected chi connectivity index (χ4v) is 6.29. The minimum atomic E-state index is -4.38. The van der Waals surface area contributed by atoms with Crippen LogP contribution in [0.3, 0.4) is 0 Å². The Morgan fingerprint density at radius 1 is 0.674 bits per heavy atom. The van der Waals surface area contributed by atoms with Gasteiger partial charge in [0.25, 0.3) is 0 Å². The van der Waals surface area contributed by atoms with Crippen molar-refractivity contribution in [1.29, 1.82) is 0 Å². The first-order valence-corrected chi connectivity index (χ1v) is 15.5. The van der Waals surface area contributed by atoms with Gasteiger partial charge in [0.1, 0.15) is 41.5 Å². The normalized spacial score (nSPS) is 16.9. The Kier molecular flexibility index (Phi) is 10.4. The lowest BCUT2D eigenvalue weighted by Gasteiger charge is -2.29. The fraction of sp³-hybridized carbons (Fsp3) is 0.351. The predicted octanol–water partition coefficient (Wildman–Crippen LogP) is 12.2. The van der Waals surface area contributed by atoms with Gasteiger partial charge in [-0.2, -0.15) is 8.78 Å². The number of hydrogen-bond acceptors (Lipinski definition) is 1. The average molecular weight is 647 g/mol. The van der Waals surface area contributed by atoms with Crippen molar-refractivity contribution in [3.63, 3.8) is 0 Å². The zero-order valence-corrected chi connectivity index (χ0v) is 25.3. The average Bonchev–Trinajstić information content (AvgIpc) is 3.01. The minimum absolute atomic E-state index is 0.0772. The van der Waals surface area contributed by atoms with Crippen LogP contribution < -0.4 is 4.74 Å². The van der Waals surface area contributed by atoms with Crippen molar-refractivity contribution >= 4 is 0 Å². The Labute approximate surface area is 263 Å². The molecule has 0 bridgehead atoms. The summed E-state index contributed by atoms with van der Waals surface area (Å²) in [4.78, 5) is 0. The SMILES string of the molecule is CCCCCC1CCC(c2ccc(-c3ccc(-c4ccc(C(F)(F)Oc5cc(F)c(CF)c(F)c5)c(F)c4)c(F)c3)c(F)c2)CC1. The lowest BCUT2D eigenvalue weighted by atomic mass is 9.77. The largest absolute Gasteiger partial charge is 0.429 e. The molecule has 1 fully saturated rings. The molecule has 0 saturated heterocycles. The summed E-state index contributed by atoms with van der Waals surface area (Å²) in [5.41, 5.74) is -1.02.